The van der Waals surface area contributed by atoms with Crippen LogP contribution in [0.1, 0.15) is 47.0 Å². The van der Waals surface area contributed by atoms with Crippen molar-refractivity contribution in [2.75, 3.05) is 27.2 Å². The Morgan fingerprint density at radius 2 is 1.89 bits per heavy atom. The number of guanidine groups is 1. The minimum Gasteiger partial charge on any atom is -0.377 e. The maximum Gasteiger partial charge on any atom is 0.191 e. The lowest BCUT2D eigenvalue weighted by Gasteiger charge is -2.24. The molecule has 0 aliphatic carbocycles. The summed E-state index contributed by atoms with van der Waals surface area (Å²) in [5.74, 6) is 1.65. The third kappa shape index (κ3) is 9.28. The number of nitrogens with one attached hydrogen (secondary N) is 2. The first-order valence-corrected chi connectivity index (χ1v) is 6.91. The van der Waals surface area contributed by atoms with Gasteiger partial charge in [-0.15, -0.1) is 0 Å². The highest BCUT2D eigenvalue weighted by molar-refractivity contribution is 5.79. The Balaban J connectivity index is 3.73. The third-order valence-corrected chi connectivity index (χ3v) is 2.96. The number of nitrogens with zero attached hydrogens (tertiary/aromatic N) is 1. The van der Waals surface area contributed by atoms with E-state index in [0.717, 1.165) is 25.0 Å². The SMILES string of the molecule is CN=C(NCCCCC(C)C)NCC(C)(C)OC. The van der Waals surface area contributed by atoms with Gasteiger partial charge in [-0.2, -0.15) is 0 Å². The molecule has 18 heavy (non-hydrogen) atoms. The molecular formula is C14H31N3O. The Labute approximate surface area is 113 Å². The van der Waals surface area contributed by atoms with Crippen molar-refractivity contribution in [1.29, 1.82) is 0 Å². The first-order valence-electron chi connectivity index (χ1n) is 6.91. The van der Waals surface area contributed by atoms with Gasteiger partial charge in [0.1, 0.15) is 0 Å². The van der Waals surface area contributed by atoms with Gasteiger partial charge in [0, 0.05) is 27.2 Å². The molecule has 0 fully saturated rings. The average Bonchev–Trinajstić information content (AvgIpc) is 2.32. The quantitative estimate of drug-likeness (QED) is 0.399. The van der Waals surface area contributed by atoms with Crippen LogP contribution in [0.15, 0.2) is 4.99 Å². The Morgan fingerprint density at radius 1 is 1.22 bits per heavy atom. The van der Waals surface area contributed by atoms with Crippen molar-refractivity contribution in [2.24, 2.45) is 10.9 Å². The molecule has 0 spiro atoms. The summed E-state index contributed by atoms with van der Waals surface area (Å²) in [6, 6.07) is 0. The van der Waals surface area contributed by atoms with Gasteiger partial charge in [0.05, 0.1) is 5.60 Å². The first kappa shape index (κ1) is 17.2. The van der Waals surface area contributed by atoms with E-state index in [0.29, 0.717) is 0 Å². The second-order valence-corrected chi connectivity index (χ2v) is 5.71. The molecule has 0 amide bonds. The lowest BCUT2D eigenvalue weighted by atomic mass is 10.1. The summed E-state index contributed by atoms with van der Waals surface area (Å²) >= 11 is 0. The largest absolute Gasteiger partial charge is 0.377 e. The van der Waals surface area contributed by atoms with E-state index in [-0.39, 0.29) is 5.60 Å². The Bertz CT molecular complexity index is 237. The van der Waals surface area contributed by atoms with E-state index in [1.54, 1.807) is 14.2 Å². The fourth-order valence-corrected chi connectivity index (χ4v) is 1.47. The van der Waals surface area contributed by atoms with Crippen LogP contribution in [-0.4, -0.2) is 38.8 Å². The van der Waals surface area contributed by atoms with Gasteiger partial charge in [0.25, 0.3) is 0 Å². The van der Waals surface area contributed by atoms with Crippen molar-refractivity contribution >= 4 is 5.96 Å². The van der Waals surface area contributed by atoms with Crippen molar-refractivity contribution in [3.05, 3.63) is 0 Å². The second kappa shape index (κ2) is 9.20. The molecule has 0 aromatic rings. The minimum atomic E-state index is -0.171. The average molecular weight is 257 g/mol. The van der Waals surface area contributed by atoms with E-state index in [2.05, 4.69) is 43.3 Å². The number of aliphatic imine (C=N–C) groups is 1. The highest BCUT2D eigenvalue weighted by atomic mass is 16.5. The maximum atomic E-state index is 5.36. The Morgan fingerprint density at radius 3 is 2.39 bits per heavy atom. The molecule has 0 bridgehead atoms. The predicted molar refractivity (Wildman–Crippen MR) is 79.1 cm³/mol. The highest BCUT2D eigenvalue weighted by Gasteiger charge is 2.16. The van der Waals surface area contributed by atoms with Crippen LogP contribution in [0.4, 0.5) is 0 Å². The molecule has 2 N–H and O–H groups in total. The molecule has 0 unspecified atom stereocenters. The van der Waals surface area contributed by atoms with E-state index in [4.69, 9.17) is 4.74 Å². The fraction of sp³-hybridized carbons (Fsp3) is 0.929. The molecule has 0 saturated carbocycles. The van der Waals surface area contributed by atoms with Crippen LogP contribution in [0, 0.1) is 5.92 Å². The normalized spacial score (nSPS) is 12.9. The van der Waals surface area contributed by atoms with Gasteiger partial charge in [-0.25, -0.2) is 0 Å². The van der Waals surface area contributed by atoms with Gasteiger partial charge in [-0.3, -0.25) is 4.99 Å². The summed E-state index contributed by atoms with van der Waals surface area (Å²) < 4.78 is 5.36. The molecule has 0 aliphatic rings. The van der Waals surface area contributed by atoms with E-state index >= 15 is 0 Å². The smallest absolute Gasteiger partial charge is 0.191 e. The number of rotatable bonds is 8. The molecule has 4 heteroatoms. The van der Waals surface area contributed by atoms with Gasteiger partial charge in [-0.05, 0) is 26.2 Å². The number of unbranched alkanes of at least 4 members (excludes halogenated alkanes) is 1. The summed E-state index contributed by atoms with van der Waals surface area (Å²) in [5.41, 5.74) is -0.171. The third-order valence-electron chi connectivity index (χ3n) is 2.96. The molecule has 0 atom stereocenters. The lowest BCUT2D eigenvalue weighted by molar-refractivity contribution is 0.0268. The van der Waals surface area contributed by atoms with Crippen LogP contribution in [0.5, 0.6) is 0 Å². The topological polar surface area (TPSA) is 45.7 Å². The first-order chi connectivity index (χ1) is 8.41. The predicted octanol–water partition coefficient (Wildman–Crippen LogP) is 2.40. The van der Waals surface area contributed by atoms with Gasteiger partial charge >= 0.3 is 0 Å². The molecule has 108 valence electrons. The molecule has 0 rings (SSSR count). The highest BCUT2D eigenvalue weighted by Crippen LogP contribution is 2.05. The van der Waals surface area contributed by atoms with E-state index in [1.165, 1.54) is 19.3 Å². The van der Waals surface area contributed by atoms with Crippen LogP contribution >= 0.6 is 0 Å². The van der Waals surface area contributed by atoms with Crippen molar-refractivity contribution in [3.8, 4) is 0 Å². The van der Waals surface area contributed by atoms with Crippen molar-refractivity contribution in [2.45, 2.75) is 52.6 Å². The lowest BCUT2D eigenvalue weighted by Crippen LogP contribution is -2.45. The van der Waals surface area contributed by atoms with E-state index < -0.39 is 0 Å². The van der Waals surface area contributed by atoms with Gasteiger partial charge in [-0.1, -0.05) is 26.7 Å². The molecule has 4 nitrogen and oxygen atoms in total. The monoisotopic (exact) mass is 257 g/mol. The number of hydrogen-bond donors (Lipinski definition) is 2. The second-order valence-electron chi connectivity index (χ2n) is 5.71. The van der Waals surface area contributed by atoms with E-state index in [1.807, 2.05) is 0 Å². The van der Waals surface area contributed by atoms with Crippen molar-refractivity contribution in [3.63, 3.8) is 0 Å². The van der Waals surface area contributed by atoms with Crippen molar-refractivity contribution < 1.29 is 4.74 Å². The Hall–Kier alpha value is -0.770. The number of methoxy groups -OCH3 is 1. The molecule has 0 aromatic carbocycles. The van der Waals surface area contributed by atoms with Crippen molar-refractivity contribution in [1.82, 2.24) is 10.6 Å². The summed E-state index contributed by atoms with van der Waals surface area (Å²) in [7, 11) is 3.52. The molecular weight excluding hydrogens is 226 g/mol. The molecule has 0 radical (unpaired) electrons. The molecule has 0 aliphatic heterocycles. The fourth-order valence-electron chi connectivity index (χ4n) is 1.47. The molecule has 0 heterocycles. The van der Waals surface area contributed by atoms with Crippen LogP contribution in [0.2, 0.25) is 0 Å². The summed E-state index contributed by atoms with van der Waals surface area (Å²) in [6.45, 7) is 10.3. The van der Waals surface area contributed by atoms with Gasteiger partial charge in [0.15, 0.2) is 5.96 Å². The van der Waals surface area contributed by atoms with E-state index in [9.17, 15) is 0 Å². The van der Waals surface area contributed by atoms with Crippen LogP contribution < -0.4 is 10.6 Å². The van der Waals surface area contributed by atoms with Crippen LogP contribution in [0.3, 0.4) is 0 Å². The zero-order valence-corrected chi connectivity index (χ0v) is 13.0. The van der Waals surface area contributed by atoms with Gasteiger partial charge in [0.2, 0.25) is 0 Å². The summed E-state index contributed by atoms with van der Waals surface area (Å²) in [6.07, 6.45) is 3.75. The Kier molecular flexibility index (Phi) is 8.81. The molecule has 0 saturated heterocycles. The van der Waals surface area contributed by atoms with Crippen LogP contribution in [-0.2, 0) is 4.74 Å². The molecule has 0 aromatic heterocycles. The summed E-state index contributed by atoms with van der Waals surface area (Å²) in [5, 5.41) is 6.60. The maximum absolute atomic E-state index is 5.36. The number of ether oxygens (including phenoxy) is 1. The minimum absolute atomic E-state index is 0.171. The van der Waals surface area contributed by atoms with Gasteiger partial charge < -0.3 is 15.4 Å². The summed E-state index contributed by atoms with van der Waals surface area (Å²) in [4.78, 5) is 4.20. The standard InChI is InChI=1S/C14H31N3O/c1-12(2)9-7-8-10-16-13(15-5)17-11-14(3,4)18-6/h12H,7-11H2,1-6H3,(H2,15,16,17). The number of hydrogen-bond acceptors (Lipinski definition) is 2. The van der Waals surface area contributed by atoms with Crippen LogP contribution in [0.25, 0.3) is 0 Å². The zero-order valence-electron chi connectivity index (χ0n) is 13.0. The zero-order chi connectivity index (χ0) is 14.0.